The molecule has 1 amide bonds. The summed E-state index contributed by atoms with van der Waals surface area (Å²) in [5, 5.41) is 4.02. The fraction of sp³-hybridized carbons (Fsp3) is 0.192. The number of carbonyl (C=O) groups excluding carboxylic acids is 1. The Morgan fingerprint density at radius 2 is 1.82 bits per heavy atom. The molecule has 0 bridgehead atoms. The number of nitrogens with two attached hydrogens (primary N) is 1. The third kappa shape index (κ3) is 5.47. The molecule has 3 N–H and O–H groups in total. The topological polar surface area (TPSA) is 93.4 Å². The van der Waals surface area contributed by atoms with Crippen LogP contribution >= 0.6 is 0 Å². The predicted octanol–water partition coefficient (Wildman–Crippen LogP) is 4.16. The number of hydrogen-bond acceptors (Lipinski definition) is 6. The number of benzene rings is 3. The van der Waals surface area contributed by atoms with Crippen molar-refractivity contribution >= 4 is 22.6 Å². The van der Waals surface area contributed by atoms with Gasteiger partial charge in [0, 0.05) is 11.9 Å². The van der Waals surface area contributed by atoms with E-state index in [0.29, 0.717) is 23.3 Å². The average Bonchev–Trinajstić information content (AvgIpc) is 2.82. The molecule has 1 unspecified atom stereocenters. The highest BCUT2D eigenvalue weighted by Crippen LogP contribution is 2.29. The first kappa shape index (κ1) is 23.1. The summed E-state index contributed by atoms with van der Waals surface area (Å²) in [4.78, 5) is 23.2. The SMILES string of the molecule is CN(C)CC(Nc1nc(OCc2ccccc2)nc2c(C(N)=O)cccc12)c1cccc(F)c1. The van der Waals surface area contributed by atoms with E-state index in [2.05, 4.69) is 15.3 Å². The number of nitrogens with zero attached hydrogens (tertiary/aromatic N) is 3. The van der Waals surface area contributed by atoms with Crippen LogP contribution in [0.1, 0.15) is 27.5 Å². The molecule has 8 heteroatoms. The van der Waals surface area contributed by atoms with Gasteiger partial charge in [-0.25, -0.2) is 4.39 Å². The molecule has 3 aromatic carbocycles. The Morgan fingerprint density at radius 3 is 2.53 bits per heavy atom. The number of aromatic nitrogens is 2. The standard InChI is InChI=1S/C26H26FN5O2/c1-32(2)15-22(18-10-6-11-19(27)14-18)29-25-21-13-7-12-20(24(28)33)23(21)30-26(31-25)34-16-17-8-4-3-5-9-17/h3-14,22H,15-16H2,1-2H3,(H2,28,33)(H,29,30,31). The molecule has 4 rings (SSSR count). The van der Waals surface area contributed by atoms with E-state index < -0.39 is 5.91 Å². The number of primary amides is 1. The summed E-state index contributed by atoms with van der Waals surface area (Å²) in [6, 6.07) is 21.0. The summed E-state index contributed by atoms with van der Waals surface area (Å²) in [7, 11) is 3.87. The highest BCUT2D eigenvalue weighted by atomic mass is 19.1. The minimum absolute atomic E-state index is 0.107. The first-order valence-corrected chi connectivity index (χ1v) is 10.8. The fourth-order valence-electron chi connectivity index (χ4n) is 3.71. The number of ether oxygens (including phenoxy) is 1. The Bertz CT molecular complexity index is 1300. The molecule has 1 heterocycles. The van der Waals surface area contributed by atoms with Crippen LogP contribution in [-0.4, -0.2) is 41.4 Å². The van der Waals surface area contributed by atoms with Crippen LogP contribution in [0.2, 0.25) is 0 Å². The molecule has 1 aromatic heterocycles. The molecule has 0 spiro atoms. The molecule has 0 aliphatic rings. The molecule has 7 nitrogen and oxygen atoms in total. The van der Waals surface area contributed by atoms with Crippen molar-refractivity contribution in [2.75, 3.05) is 26.0 Å². The van der Waals surface area contributed by atoms with E-state index in [0.717, 1.165) is 11.1 Å². The van der Waals surface area contributed by atoms with Crippen LogP contribution in [0.15, 0.2) is 72.8 Å². The van der Waals surface area contributed by atoms with E-state index in [1.165, 1.54) is 12.1 Å². The third-order valence-corrected chi connectivity index (χ3v) is 5.29. The number of amides is 1. The molecule has 0 saturated heterocycles. The Kier molecular flexibility index (Phi) is 6.98. The van der Waals surface area contributed by atoms with Gasteiger partial charge in [-0.2, -0.15) is 9.97 Å². The lowest BCUT2D eigenvalue weighted by Gasteiger charge is -2.24. The van der Waals surface area contributed by atoms with Gasteiger partial charge in [-0.05, 0) is 49.5 Å². The molecule has 0 fully saturated rings. The molecule has 1 atom stereocenters. The predicted molar refractivity (Wildman–Crippen MR) is 130 cm³/mol. The molecular formula is C26H26FN5O2. The quantitative estimate of drug-likeness (QED) is 0.390. The van der Waals surface area contributed by atoms with Gasteiger partial charge in [-0.3, -0.25) is 4.79 Å². The van der Waals surface area contributed by atoms with Crippen molar-refractivity contribution in [1.29, 1.82) is 0 Å². The lowest BCUT2D eigenvalue weighted by Crippen LogP contribution is -2.26. The number of anilines is 1. The maximum Gasteiger partial charge on any atom is 0.319 e. The number of rotatable bonds is 9. The first-order chi connectivity index (χ1) is 16.4. The molecule has 4 aromatic rings. The van der Waals surface area contributed by atoms with Gasteiger partial charge in [0.15, 0.2) is 0 Å². The zero-order valence-electron chi connectivity index (χ0n) is 19.0. The van der Waals surface area contributed by atoms with Gasteiger partial charge >= 0.3 is 6.01 Å². The smallest absolute Gasteiger partial charge is 0.319 e. The molecule has 0 aliphatic heterocycles. The number of hydrogen-bond donors (Lipinski definition) is 2. The second-order valence-electron chi connectivity index (χ2n) is 8.21. The van der Waals surface area contributed by atoms with Crippen LogP contribution in [0.3, 0.4) is 0 Å². The highest BCUT2D eigenvalue weighted by Gasteiger charge is 2.19. The second kappa shape index (κ2) is 10.3. The van der Waals surface area contributed by atoms with Crippen molar-refractivity contribution in [2.45, 2.75) is 12.6 Å². The van der Waals surface area contributed by atoms with Gasteiger partial charge in [-0.15, -0.1) is 0 Å². The number of nitrogens with one attached hydrogen (secondary N) is 1. The van der Waals surface area contributed by atoms with E-state index in [1.807, 2.05) is 61.5 Å². The third-order valence-electron chi connectivity index (χ3n) is 5.29. The van der Waals surface area contributed by atoms with E-state index in [9.17, 15) is 9.18 Å². The summed E-state index contributed by atoms with van der Waals surface area (Å²) < 4.78 is 19.9. The van der Waals surface area contributed by atoms with E-state index >= 15 is 0 Å². The van der Waals surface area contributed by atoms with Crippen LogP contribution in [0.4, 0.5) is 10.2 Å². The fourth-order valence-corrected chi connectivity index (χ4v) is 3.71. The molecule has 0 aliphatic carbocycles. The lowest BCUT2D eigenvalue weighted by molar-refractivity contribution is 0.100. The van der Waals surface area contributed by atoms with E-state index in [1.54, 1.807) is 18.2 Å². The Balaban J connectivity index is 1.77. The van der Waals surface area contributed by atoms with Gasteiger partial charge in [0.25, 0.3) is 5.91 Å². The van der Waals surface area contributed by atoms with Crippen molar-refractivity contribution in [1.82, 2.24) is 14.9 Å². The van der Waals surface area contributed by atoms with Crippen LogP contribution in [0, 0.1) is 5.82 Å². The van der Waals surface area contributed by atoms with Crippen molar-refractivity contribution in [3.8, 4) is 6.01 Å². The summed E-state index contributed by atoms with van der Waals surface area (Å²) in [6.45, 7) is 0.834. The monoisotopic (exact) mass is 459 g/mol. The van der Waals surface area contributed by atoms with Gasteiger partial charge in [0.1, 0.15) is 18.2 Å². The Labute approximate surface area is 197 Å². The molecule has 0 radical (unpaired) electrons. The zero-order chi connectivity index (χ0) is 24.1. The normalized spacial score (nSPS) is 12.0. The van der Waals surface area contributed by atoms with E-state index in [4.69, 9.17) is 10.5 Å². The minimum Gasteiger partial charge on any atom is -0.459 e. The summed E-state index contributed by atoms with van der Waals surface area (Å²) >= 11 is 0. The van der Waals surface area contributed by atoms with Crippen molar-refractivity contribution < 1.29 is 13.9 Å². The maximum atomic E-state index is 14.0. The first-order valence-electron chi connectivity index (χ1n) is 10.8. The van der Waals surface area contributed by atoms with Gasteiger partial charge in [-0.1, -0.05) is 48.5 Å². The Hall–Kier alpha value is -4.04. The number of likely N-dealkylation sites (N-methyl/N-ethyl adjacent to an activating group) is 1. The second-order valence-corrected chi connectivity index (χ2v) is 8.21. The molecule has 34 heavy (non-hydrogen) atoms. The summed E-state index contributed by atoms with van der Waals surface area (Å²) in [6.07, 6.45) is 0. The average molecular weight is 460 g/mol. The number of carbonyl (C=O) groups is 1. The highest BCUT2D eigenvalue weighted by molar-refractivity contribution is 6.07. The van der Waals surface area contributed by atoms with Crippen molar-refractivity contribution in [2.24, 2.45) is 5.73 Å². The molecule has 0 saturated carbocycles. The van der Waals surface area contributed by atoms with Gasteiger partial charge in [0.2, 0.25) is 0 Å². The van der Waals surface area contributed by atoms with Crippen molar-refractivity contribution in [3.63, 3.8) is 0 Å². The summed E-state index contributed by atoms with van der Waals surface area (Å²) in [5.74, 6) is -0.454. The van der Waals surface area contributed by atoms with Crippen LogP contribution in [0.5, 0.6) is 6.01 Å². The largest absolute Gasteiger partial charge is 0.459 e. The van der Waals surface area contributed by atoms with Gasteiger partial charge in [0.05, 0.1) is 17.1 Å². The number of halogens is 1. The summed E-state index contributed by atoms with van der Waals surface area (Å²) in [5.41, 5.74) is 7.98. The van der Waals surface area contributed by atoms with Crippen molar-refractivity contribution in [3.05, 3.63) is 95.3 Å². The molecular weight excluding hydrogens is 433 g/mol. The lowest BCUT2D eigenvalue weighted by atomic mass is 10.1. The number of para-hydroxylation sites is 1. The van der Waals surface area contributed by atoms with E-state index in [-0.39, 0.29) is 30.0 Å². The minimum atomic E-state index is -0.598. The van der Waals surface area contributed by atoms with Crippen LogP contribution < -0.4 is 15.8 Å². The zero-order valence-corrected chi connectivity index (χ0v) is 19.0. The molecule has 174 valence electrons. The van der Waals surface area contributed by atoms with Crippen LogP contribution in [0.25, 0.3) is 10.9 Å². The number of fused-ring (bicyclic) bond motifs is 1. The van der Waals surface area contributed by atoms with Crippen LogP contribution in [-0.2, 0) is 6.61 Å². The van der Waals surface area contributed by atoms with Gasteiger partial charge < -0.3 is 20.7 Å². The maximum absolute atomic E-state index is 14.0. The Morgan fingerprint density at radius 1 is 1.06 bits per heavy atom.